The van der Waals surface area contributed by atoms with Crippen molar-refractivity contribution >= 4 is 23.3 Å². The van der Waals surface area contributed by atoms with Crippen molar-refractivity contribution in [1.29, 1.82) is 0 Å². The smallest absolute Gasteiger partial charge is 0.222 e. The van der Waals surface area contributed by atoms with Crippen LogP contribution in [0.25, 0.3) is 0 Å². The number of piperidine rings is 1. The van der Waals surface area contributed by atoms with Crippen molar-refractivity contribution in [2.75, 3.05) is 31.1 Å². The number of anilines is 1. The van der Waals surface area contributed by atoms with Crippen LogP contribution >= 0.6 is 11.6 Å². The molecule has 1 aromatic rings. The minimum Gasteiger partial charge on any atom is -0.355 e. The zero-order valence-electron chi connectivity index (χ0n) is 14.0. The molecule has 5 nitrogen and oxygen atoms in total. The van der Waals surface area contributed by atoms with Crippen LogP contribution in [0.15, 0.2) is 12.5 Å². The Morgan fingerprint density at radius 1 is 1.17 bits per heavy atom. The zero-order valence-corrected chi connectivity index (χ0v) is 14.8. The molecule has 6 heteroatoms. The Labute approximate surface area is 148 Å². The Morgan fingerprint density at radius 2 is 1.88 bits per heavy atom. The fourth-order valence-corrected chi connectivity index (χ4v) is 4.93. The highest BCUT2D eigenvalue weighted by atomic mass is 35.5. The van der Waals surface area contributed by atoms with Crippen molar-refractivity contribution in [2.45, 2.75) is 38.5 Å². The number of hydrogen-bond acceptors (Lipinski definition) is 4. The third kappa shape index (κ3) is 3.23. The molecule has 0 radical (unpaired) electrons. The molecule has 130 valence electrons. The van der Waals surface area contributed by atoms with Gasteiger partial charge in [-0.15, -0.1) is 0 Å². The predicted molar refractivity (Wildman–Crippen MR) is 94.0 cm³/mol. The number of halogens is 1. The van der Waals surface area contributed by atoms with Gasteiger partial charge >= 0.3 is 0 Å². The number of nitrogens with zero attached hydrogens (tertiary/aromatic N) is 4. The highest BCUT2D eigenvalue weighted by Crippen LogP contribution is 2.38. The number of hydrogen-bond donors (Lipinski definition) is 0. The van der Waals surface area contributed by atoms with Crippen LogP contribution in [0.5, 0.6) is 0 Å². The quantitative estimate of drug-likeness (QED) is 0.842. The maximum Gasteiger partial charge on any atom is 0.222 e. The van der Waals surface area contributed by atoms with Gasteiger partial charge in [-0.25, -0.2) is 9.97 Å². The first-order valence-corrected chi connectivity index (χ1v) is 9.56. The van der Waals surface area contributed by atoms with Crippen molar-refractivity contribution in [3.05, 3.63) is 17.5 Å². The molecule has 1 aliphatic carbocycles. The number of carbonyl (C=O) groups excluding carboxylic acids is 1. The molecule has 2 aliphatic heterocycles. The van der Waals surface area contributed by atoms with Crippen LogP contribution in [-0.2, 0) is 4.79 Å². The molecule has 1 saturated carbocycles. The van der Waals surface area contributed by atoms with Crippen molar-refractivity contribution < 1.29 is 4.79 Å². The lowest BCUT2D eigenvalue weighted by molar-refractivity contribution is -0.131. The van der Waals surface area contributed by atoms with Gasteiger partial charge in [0.2, 0.25) is 5.91 Å². The second kappa shape index (κ2) is 6.87. The first kappa shape index (κ1) is 16.1. The highest BCUT2D eigenvalue weighted by molar-refractivity contribution is 6.32. The Hall–Kier alpha value is -1.36. The molecule has 1 aromatic heterocycles. The summed E-state index contributed by atoms with van der Waals surface area (Å²) in [5.74, 6) is 3.27. The number of carbonyl (C=O) groups is 1. The molecular weight excluding hydrogens is 324 g/mol. The monoisotopic (exact) mass is 348 g/mol. The van der Waals surface area contributed by atoms with E-state index < -0.39 is 0 Å². The number of likely N-dealkylation sites (tertiary alicyclic amines) is 1. The van der Waals surface area contributed by atoms with E-state index in [4.69, 9.17) is 11.6 Å². The van der Waals surface area contributed by atoms with E-state index in [1.165, 1.54) is 19.3 Å². The molecule has 2 saturated heterocycles. The van der Waals surface area contributed by atoms with Gasteiger partial charge in [-0.3, -0.25) is 4.79 Å². The van der Waals surface area contributed by atoms with E-state index in [2.05, 4.69) is 19.8 Å². The van der Waals surface area contributed by atoms with Crippen molar-refractivity contribution in [1.82, 2.24) is 14.9 Å². The largest absolute Gasteiger partial charge is 0.355 e. The Kier molecular flexibility index (Phi) is 4.61. The van der Waals surface area contributed by atoms with E-state index in [0.29, 0.717) is 23.3 Å². The summed E-state index contributed by atoms with van der Waals surface area (Å²) in [7, 11) is 0. The second-order valence-electron chi connectivity index (χ2n) is 7.58. The molecule has 4 rings (SSSR count). The standard InChI is InChI=1S/C18H25ClN4O/c19-16-9-20-12-21-18(16)22-6-4-13(5-7-22)8-17(24)23-10-14-2-1-3-15(14)11-23/h9,12-15H,1-8,10-11H2. The third-order valence-corrected chi connectivity index (χ3v) is 6.37. The van der Waals surface area contributed by atoms with E-state index in [-0.39, 0.29) is 0 Å². The van der Waals surface area contributed by atoms with E-state index in [1.54, 1.807) is 12.5 Å². The maximum atomic E-state index is 12.6. The zero-order chi connectivity index (χ0) is 16.5. The number of rotatable bonds is 3. The molecule has 0 N–H and O–H groups in total. The van der Waals surface area contributed by atoms with E-state index in [1.807, 2.05) is 0 Å². The molecule has 0 aromatic carbocycles. The summed E-state index contributed by atoms with van der Waals surface area (Å²) in [6.45, 7) is 3.86. The number of fused-ring (bicyclic) bond motifs is 1. The van der Waals surface area contributed by atoms with Gasteiger partial charge < -0.3 is 9.80 Å². The van der Waals surface area contributed by atoms with Gasteiger partial charge in [-0.2, -0.15) is 0 Å². The minimum absolute atomic E-state index is 0.378. The van der Waals surface area contributed by atoms with Crippen LogP contribution in [0.1, 0.15) is 38.5 Å². The minimum atomic E-state index is 0.378. The summed E-state index contributed by atoms with van der Waals surface area (Å²) < 4.78 is 0. The predicted octanol–water partition coefficient (Wildman–Crippen LogP) is 3.00. The van der Waals surface area contributed by atoms with Crippen LogP contribution in [0.4, 0.5) is 5.82 Å². The molecule has 2 atom stereocenters. The SMILES string of the molecule is O=C(CC1CCN(c2ncncc2Cl)CC1)N1CC2CCCC2C1. The summed E-state index contributed by atoms with van der Waals surface area (Å²) >= 11 is 6.18. The molecule has 3 aliphatic rings. The molecular formula is C18H25ClN4O. The Morgan fingerprint density at radius 3 is 2.54 bits per heavy atom. The lowest BCUT2D eigenvalue weighted by Gasteiger charge is -2.33. The van der Waals surface area contributed by atoms with Gasteiger partial charge in [-0.1, -0.05) is 18.0 Å². The lowest BCUT2D eigenvalue weighted by Crippen LogP contribution is -2.37. The maximum absolute atomic E-state index is 12.6. The molecule has 2 unspecified atom stereocenters. The molecule has 3 heterocycles. The number of amides is 1. The van der Waals surface area contributed by atoms with Crippen molar-refractivity contribution in [2.24, 2.45) is 17.8 Å². The first-order valence-electron chi connectivity index (χ1n) is 9.19. The van der Waals surface area contributed by atoms with Crippen molar-refractivity contribution in [3.8, 4) is 0 Å². The van der Waals surface area contributed by atoms with Crippen LogP contribution in [0.3, 0.4) is 0 Å². The van der Waals surface area contributed by atoms with Crippen LogP contribution in [0, 0.1) is 17.8 Å². The van der Waals surface area contributed by atoms with Crippen LogP contribution in [-0.4, -0.2) is 47.0 Å². The summed E-state index contributed by atoms with van der Waals surface area (Å²) in [5, 5.41) is 0.607. The topological polar surface area (TPSA) is 49.3 Å². The molecule has 0 bridgehead atoms. The van der Waals surface area contributed by atoms with Gasteiger partial charge in [0.15, 0.2) is 5.82 Å². The molecule has 24 heavy (non-hydrogen) atoms. The second-order valence-corrected chi connectivity index (χ2v) is 7.99. The fraction of sp³-hybridized carbons (Fsp3) is 0.722. The van der Waals surface area contributed by atoms with E-state index in [0.717, 1.165) is 56.7 Å². The number of aromatic nitrogens is 2. The van der Waals surface area contributed by atoms with E-state index in [9.17, 15) is 4.79 Å². The molecule has 1 amide bonds. The van der Waals surface area contributed by atoms with Gasteiger partial charge in [-0.05, 0) is 43.4 Å². The van der Waals surface area contributed by atoms with Gasteiger partial charge in [0.05, 0.1) is 6.20 Å². The summed E-state index contributed by atoms with van der Waals surface area (Å²) in [6.07, 6.45) is 9.98. The van der Waals surface area contributed by atoms with Crippen molar-refractivity contribution in [3.63, 3.8) is 0 Å². The van der Waals surface area contributed by atoms with E-state index >= 15 is 0 Å². The van der Waals surface area contributed by atoms with Gasteiger partial charge in [0.1, 0.15) is 11.3 Å². The average molecular weight is 349 g/mol. The average Bonchev–Trinajstić information content (AvgIpc) is 3.18. The van der Waals surface area contributed by atoms with Gasteiger partial charge in [0, 0.05) is 32.6 Å². The lowest BCUT2D eigenvalue weighted by atomic mass is 9.93. The summed E-state index contributed by atoms with van der Waals surface area (Å²) in [5.41, 5.74) is 0. The fourth-order valence-electron chi connectivity index (χ4n) is 4.70. The molecule has 3 fully saturated rings. The highest BCUT2D eigenvalue weighted by Gasteiger charge is 2.38. The normalized spacial score (nSPS) is 27.5. The van der Waals surface area contributed by atoms with Crippen LogP contribution < -0.4 is 4.90 Å². The van der Waals surface area contributed by atoms with Crippen LogP contribution in [0.2, 0.25) is 5.02 Å². The molecule has 0 spiro atoms. The summed E-state index contributed by atoms with van der Waals surface area (Å²) in [4.78, 5) is 25.2. The third-order valence-electron chi connectivity index (χ3n) is 6.10. The Balaban J connectivity index is 1.27. The Bertz CT molecular complexity index is 590. The first-order chi connectivity index (χ1) is 11.7. The summed E-state index contributed by atoms with van der Waals surface area (Å²) in [6, 6.07) is 0. The van der Waals surface area contributed by atoms with Gasteiger partial charge in [0.25, 0.3) is 0 Å².